The molecule has 1 aromatic carbocycles. The van der Waals surface area contributed by atoms with E-state index >= 15 is 0 Å². The maximum absolute atomic E-state index is 5.81. The summed E-state index contributed by atoms with van der Waals surface area (Å²) in [4.78, 5) is 1.05. The lowest BCUT2D eigenvalue weighted by atomic mass is 10.2. The number of thiophene rings is 1. The lowest BCUT2D eigenvalue weighted by molar-refractivity contribution is 0.400. The van der Waals surface area contributed by atoms with Crippen LogP contribution in [0.4, 0.5) is 0 Å². The minimum atomic E-state index is 0.319. The van der Waals surface area contributed by atoms with Crippen LogP contribution in [0.3, 0.4) is 0 Å². The van der Waals surface area contributed by atoms with Crippen LogP contribution >= 0.6 is 11.3 Å². The van der Waals surface area contributed by atoms with Crippen LogP contribution in [0.25, 0.3) is 16.3 Å². The van der Waals surface area contributed by atoms with Gasteiger partial charge in [-0.15, -0.1) is 16.4 Å². The Hall–Kier alpha value is -2.38. The third-order valence-corrected chi connectivity index (χ3v) is 4.18. The zero-order valence-corrected chi connectivity index (χ0v) is 13.1. The first-order valence-electron chi connectivity index (χ1n) is 6.69. The molecule has 3 rings (SSSR count). The number of aromatic nitrogens is 3. The summed E-state index contributed by atoms with van der Waals surface area (Å²) in [6, 6.07) is 9.56. The Labute approximate surface area is 132 Å². The van der Waals surface area contributed by atoms with Crippen molar-refractivity contribution >= 4 is 11.3 Å². The van der Waals surface area contributed by atoms with Crippen molar-refractivity contribution in [2.75, 3.05) is 14.2 Å². The molecular formula is C15H16N4O2S. The van der Waals surface area contributed by atoms with Gasteiger partial charge >= 0.3 is 0 Å². The molecule has 6 nitrogen and oxygen atoms in total. The second kappa shape index (κ2) is 6.17. The van der Waals surface area contributed by atoms with E-state index in [0.29, 0.717) is 12.3 Å². The van der Waals surface area contributed by atoms with Gasteiger partial charge in [0.25, 0.3) is 0 Å². The van der Waals surface area contributed by atoms with E-state index in [2.05, 4.69) is 10.3 Å². The Morgan fingerprint density at radius 1 is 1.23 bits per heavy atom. The van der Waals surface area contributed by atoms with Gasteiger partial charge in [-0.1, -0.05) is 11.3 Å². The first kappa shape index (κ1) is 14.6. The normalized spacial score (nSPS) is 10.7. The third-order valence-electron chi connectivity index (χ3n) is 3.30. The van der Waals surface area contributed by atoms with E-state index in [4.69, 9.17) is 15.2 Å². The molecule has 0 unspecified atom stereocenters. The molecule has 3 aromatic rings. The minimum Gasteiger partial charge on any atom is -0.497 e. The van der Waals surface area contributed by atoms with E-state index in [1.165, 1.54) is 0 Å². The Balaban J connectivity index is 2.23. The number of rotatable bonds is 5. The molecule has 2 aromatic heterocycles. The van der Waals surface area contributed by atoms with Crippen molar-refractivity contribution in [3.63, 3.8) is 0 Å². The summed E-state index contributed by atoms with van der Waals surface area (Å²) in [5.74, 6) is 1.41. The van der Waals surface area contributed by atoms with E-state index in [0.717, 1.165) is 27.7 Å². The van der Waals surface area contributed by atoms with E-state index in [1.807, 2.05) is 35.7 Å². The molecule has 7 heteroatoms. The Morgan fingerprint density at radius 3 is 2.73 bits per heavy atom. The van der Waals surface area contributed by atoms with Gasteiger partial charge < -0.3 is 15.2 Å². The number of nitrogens with two attached hydrogens (primary N) is 1. The van der Waals surface area contributed by atoms with Crippen LogP contribution in [0.1, 0.15) is 5.69 Å². The Kier molecular flexibility index (Phi) is 4.08. The molecule has 0 aliphatic heterocycles. The second-order valence-electron chi connectivity index (χ2n) is 4.52. The molecule has 0 amide bonds. The fourth-order valence-electron chi connectivity index (χ4n) is 2.24. The zero-order chi connectivity index (χ0) is 15.5. The van der Waals surface area contributed by atoms with Gasteiger partial charge in [-0.25, -0.2) is 4.68 Å². The largest absolute Gasteiger partial charge is 0.497 e. The summed E-state index contributed by atoms with van der Waals surface area (Å²) in [5.41, 5.74) is 8.19. The molecule has 114 valence electrons. The van der Waals surface area contributed by atoms with Crippen molar-refractivity contribution < 1.29 is 9.47 Å². The predicted octanol–water partition coefficient (Wildman–Crippen LogP) is 2.47. The maximum atomic E-state index is 5.81. The van der Waals surface area contributed by atoms with Crippen LogP contribution in [0, 0.1) is 0 Å². The third kappa shape index (κ3) is 2.44. The van der Waals surface area contributed by atoms with Gasteiger partial charge in [0.2, 0.25) is 0 Å². The van der Waals surface area contributed by atoms with Crippen molar-refractivity contribution in [3.05, 3.63) is 41.4 Å². The van der Waals surface area contributed by atoms with Crippen LogP contribution in [-0.4, -0.2) is 29.2 Å². The van der Waals surface area contributed by atoms with Crippen LogP contribution in [0.15, 0.2) is 35.7 Å². The smallest absolute Gasteiger partial charge is 0.144 e. The molecule has 0 fully saturated rings. The van der Waals surface area contributed by atoms with Crippen LogP contribution in [0.2, 0.25) is 0 Å². The maximum Gasteiger partial charge on any atom is 0.144 e. The van der Waals surface area contributed by atoms with Crippen molar-refractivity contribution in [3.8, 4) is 27.8 Å². The average Bonchev–Trinajstić information content (AvgIpc) is 3.22. The zero-order valence-electron chi connectivity index (χ0n) is 12.3. The second-order valence-corrected chi connectivity index (χ2v) is 5.46. The number of hydrogen-bond donors (Lipinski definition) is 1. The van der Waals surface area contributed by atoms with Gasteiger partial charge in [0.05, 0.1) is 19.1 Å². The fourth-order valence-corrected chi connectivity index (χ4v) is 3.02. The van der Waals surface area contributed by atoms with Crippen LogP contribution in [0.5, 0.6) is 11.5 Å². The molecule has 2 N–H and O–H groups in total. The van der Waals surface area contributed by atoms with Crippen molar-refractivity contribution in [2.45, 2.75) is 6.54 Å². The SMILES string of the molecule is COc1ccc(OC)c(-n2nnc(CN)c2-c2cccs2)c1. The number of methoxy groups -OCH3 is 2. The number of nitrogens with zero attached hydrogens (tertiary/aromatic N) is 3. The highest BCUT2D eigenvalue weighted by atomic mass is 32.1. The Morgan fingerprint density at radius 2 is 2.09 bits per heavy atom. The molecule has 2 heterocycles. The highest BCUT2D eigenvalue weighted by molar-refractivity contribution is 7.13. The van der Waals surface area contributed by atoms with Gasteiger partial charge in [0.15, 0.2) is 0 Å². The van der Waals surface area contributed by atoms with Crippen LogP contribution in [-0.2, 0) is 6.54 Å². The van der Waals surface area contributed by atoms with Crippen LogP contribution < -0.4 is 15.2 Å². The summed E-state index contributed by atoms with van der Waals surface area (Å²) in [6.45, 7) is 0.319. The van der Waals surface area contributed by atoms with Crippen molar-refractivity contribution in [1.82, 2.24) is 15.0 Å². The van der Waals surface area contributed by atoms with E-state index in [-0.39, 0.29) is 0 Å². The fraction of sp³-hybridized carbons (Fsp3) is 0.200. The molecule has 0 radical (unpaired) electrons. The monoisotopic (exact) mass is 316 g/mol. The molecule has 22 heavy (non-hydrogen) atoms. The molecule has 0 aliphatic carbocycles. The summed E-state index contributed by atoms with van der Waals surface area (Å²) < 4.78 is 12.5. The summed E-state index contributed by atoms with van der Waals surface area (Å²) in [6.07, 6.45) is 0. The first-order valence-corrected chi connectivity index (χ1v) is 7.57. The lowest BCUT2D eigenvalue weighted by Crippen LogP contribution is -2.04. The quantitative estimate of drug-likeness (QED) is 0.782. The molecule has 0 atom stereocenters. The first-order chi connectivity index (χ1) is 10.8. The van der Waals surface area contributed by atoms with Gasteiger partial charge in [-0.05, 0) is 23.6 Å². The molecular weight excluding hydrogens is 300 g/mol. The summed E-state index contributed by atoms with van der Waals surface area (Å²) in [7, 11) is 3.25. The molecule has 0 aliphatic rings. The number of benzene rings is 1. The topological polar surface area (TPSA) is 75.2 Å². The highest BCUT2D eigenvalue weighted by Crippen LogP contribution is 2.33. The molecule has 0 saturated heterocycles. The lowest BCUT2D eigenvalue weighted by Gasteiger charge is -2.12. The van der Waals surface area contributed by atoms with Gasteiger partial charge in [-0.3, -0.25) is 0 Å². The highest BCUT2D eigenvalue weighted by Gasteiger charge is 2.19. The molecule has 0 spiro atoms. The van der Waals surface area contributed by atoms with Gasteiger partial charge in [-0.2, -0.15) is 0 Å². The number of hydrogen-bond acceptors (Lipinski definition) is 6. The van der Waals surface area contributed by atoms with E-state index in [9.17, 15) is 0 Å². The molecule has 0 bridgehead atoms. The number of ether oxygens (including phenoxy) is 2. The van der Waals surface area contributed by atoms with E-state index in [1.54, 1.807) is 30.2 Å². The van der Waals surface area contributed by atoms with Crippen molar-refractivity contribution in [2.24, 2.45) is 5.73 Å². The minimum absolute atomic E-state index is 0.319. The summed E-state index contributed by atoms with van der Waals surface area (Å²) in [5, 5.41) is 10.5. The predicted molar refractivity (Wildman–Crippen MR) is 85.7 cm³/mol. The summed E-state index contributed by atoms with van der Waals surface area (Å²) >= 11 is 1.61. The average molecular weight is 316 g/mol. The molecule has 0 saturated carbocycles. The van der Waals surface area contributed by atoms with Gasteiger partial charge in [0.1, 0.15) is 28.6 Å². The van der Waals surface area contributed by atoms with E-state index < -0.39 is 0 Å². The van der Waals surface area contributed by atoms with Gasteiger partial charge in [0, 0.05) is 12.6 Å². The standard InChI is InChI=1S/C15H16N4O2S/c1-20-10-5-6-13(21-2)12(8-10)19-15(11(9-16)17-18-19)14-4-3-7-22-14/h3-8H,9,16H2,1-2H3. The van der Waals surface area contributed by atoms with Crippen molar-refractivity contribution in [1.29, 1.82) is 0 Å². The Bertz CT molecular complexity index is 768.